The van der Waals surface area contributed by atoms with Gasteiger partial charge in [-0.25, -0.2) is 4.99 Å². The molecule has 0 radical (unpaired) electrons. The van der Waals surface area contributed by atoms with Gasteiger partial charge >= 0.3 is 0 Å². The molecule has 3 heterocycles. The Morgan fingerprint density at radius 2 is 2.12 bits per heavy atom. The van der Waals surface area contributed by atoms with Gasteiger partial charge in [0.2, 0.25) is 0 Å². The maximum Gasteiger partial charge on any atom is 0.133 e. The summed E-state index contributed by atoms with van der Waals surface area (Å²) in [6.07, 6.45) is 10.4. The SMILES string of the molecule is CCC1=C(c2ccc(N[C@@H]3CCNC3)cc2)CN2C=CC=CC2=N1. The van der Waals surface area contributed by atoms with Crippen molar-refractivity contribution in [2.24, 2.45) is 4.99 Å². The number of nitrogens with zero attached hydrogens (tertiary/aromatic N) is 2. The van der Waals surface area contributed by atoms with E-state index in [1.54, 1.807) is 0 Å². The molecule has 2 N–H and O–H groups in total. The summed E-state index contributed by atoms with van der Waals surface area (Å²) in [5.74, 6) is 1.05. The van der Waals surface area contributed by atoms with Gasteiger partial charge in [0.1, 0.15) is 5.84 Å². The van der Waals surface area contributed by atoms with Gasteiger partial charge in [-0.2, -0.15) is 0 Å². The molecule has 0 amide bonds. The number of fused-ring (bicyclic) bond motifs is 1. The molecule has 1 saturated heterocycles. The highest BCUT2D eigenvalue weighted by atomic mass is 15.2. The number of hydrogen-bond acceptors (Lipinski definition) is 4. The van der Waals surface area contributed by atoms with E-state index in [4.69, 9.17) is 4.99 Å². The molecule has 124 valence electrons. The molecular formula is C20H24N4. The highest BCUT2D eigenvalue weighted by molar-refractivity contribution is 5.99. The molecule has 0 unspecified atom stereocenters. The number of anilines is 1. The van der Waals surface area contributed by atoms with E-state index in [-0.39, 0.29) is 0 Å². The molecule has 4 nitrogen and oxygen atoms in total. The summed E-state index contributed by atoms with van der Waals surface area (Å²) in [7, 11) is 0. The molecule has 0 aliphatic carbocycles. The van der Waals surface area contributed by atoms with Gasteiger partial charge in [0.05, 0.1) is 6.54 Å². The normalized spacial score (nSPS) is 22.6. The predicted octanol–water partition coefficient (Wildman–Crippen LogP) is 3.38. The van der Waals surface area contributed by atoms with Gasteiger partial charge in [0.15, 0.2) is 0 Å². The number of nitrogens with one attached hydrogen (secondary N) is 2. The Kier molecular flexibility index (Phi) is 4.22. The first kappa shape index (κ1) is 15.2. The molecule has 1 aromatic rings. The number of aliphatic imine (C=N–C) groups is 1. The number of allylic oxidation sites excluding steroid dienone is 3. The average Bonchev–Trinajstić information content (AvgIpc) is 3.14. The highest BCUT2D eigenvalue weighted by Gasteiger charge is 2.20. The Bertz CT molecular complexity index is 719. The van der Waals surface area contributed by atoms with Crippen molar-refractivity contribution in [3.8, 4) is 0 Å². The lowest BCUT2D eigenvalue weighted by Crippen LogP contribution is -2.30. The van der Waals surface area contributed by atoms with Crippen LogP contribution >= 0.6 is 0 Å². The number of benzene rings is 1. The van der Waals surface area contributed by atoms with Crippen molar-refractivity contribution < 1.29 is 0 Å². The van der Waals surface area contributed by atoms with Crippen molar-refractivity contribution in [1.29, 1.82) is 0 Å². The largest absolute Gasteiger partial charge is 0.381 e. The molecule has 1 atom stereocenters. The quantitative estimate of drug-likeness (QED) is 0.893. The molecule has 24 heavy (non-hydrogen) atoms. The first-order chi connectivity index (χ1) is 11.8. The van der Waals surface area contributed by atoms with Crippen molar-refractivity contribution in [2.45, 2.75) is 25.8 Å². The molecular weight excluding hydrogens is 296 g/mol. The fourth-order valence-electron chi connectivity index (χ4n) is 3.50. The lowest BCUT2D eigenvalue weighted by atomic mass is 9.99. The molecule has 4 rings (SSSR count). The van der Waals surface area contributed by atoms with Crippen molar-refractivity contribution in [2.75, 3.05) is 25.0 Å². The summed E-state index contributed by atoms with van der Waals surface area (Å²) in [5, 5.41) is 7.00. The van der Waals surface area contributed by atoms with Crippen LogP contribution in [0.15, 0.2) is 59.4 Å². The monoisotopic (exact) mass is 320 g/mol. The zero-order valence-electron chi connectivity index (χ0n) is 14.1. The standard InChI is InChI=1S/C20H24N4/c1-2-19-18(14-24-12-4-3-5-20(24)23-19)15-6-8-16(9-7-15)22-17-10-11-21-13-17/h3-9,12,17,21-22H,2,10-11,13-14H2,1H3/t17-/m1/s1. The molecule has 1 aromatic carbocycles. The average molecular weight is 320 g/mol. The number of rotatable bonds is 4. The minimum Gasteiger partial charge on any atom is -0.381 e. The lowest BCUT2D eigenvalue weighted by molar-refractivity contribution is 0.616. The zero-order chi connectivity index (χ0) is 16.4. The van der Waals surface area contributed by atoms with Crippen LogP contribution in [0.1, 0.15) is 25.3 Å². The third kappa shape index (κ3) is 3.02. The summed E-state index contributed by atoms with van der Waals surface area (Å²) < 4.78 is 0. The first-order valence-electron chi connectivity index (χ1n) is 8.83. The van der Waals surface area contributed by atoms with Crippen LogP contribution in [0.2, 0.25) is 0 Å². The summed E-state index contributed by atoms with van der Waals surface area (Å²) >= 11 is 0. The van der Waals surface area contributed by atoms with Crippen molar-refractivity contribution in [3.63, 3.8) is 0 Å². The summed E-state index contributed by atoms with van der Waals surface area (Å²) in [5.41, 5.74) is 5.00. The third-order valence-electron chi connectivity index (χ3n) is 4.84. The van der Waals surface area contributed by atoms with Crippen LogP contribution in [0.4, 0.5) is 5.69 Å². The third-order valence-corrected chi connectivity index (χ3v) is 4.84. The Balaban J connectivity index is 1.57. The van der Waals surface area contributed by atoms with Gasteiger partial charge < -0.3 is 15.5 Å². The van der Waals surface area contributed by atoms with E-state index in [2.05, 4.69) is 65.1 Å². The zero-order valence-corrected chi connectivity index (χ0v) is 14.1. The lowest BCUT2D eigenvalue weighted by Gasteiger charge is -2.29. The predicted molar refractivity (Wildman–Crippen MR) is 101 cm³/mol. The maximum absolute atomic E-state index is 4.85. The van der Waals surface area contributed by atoms with E-state index in [1.807, 2.05) is 6.08 Å². The fraction of sp³-hybridized carbons (Fsp3) is 0.350. The van der Waals surface area contributed by atoms with Crippen LogP contribution in [-0.2, 0) is 0 Å². The molecule has 0 spiro atoms. The molecule has 0 bridgehead atoms. The fourth-order valence-corrected chi connectivity index (χ4v) is 3.50. The minimum absolute atomic E-state index is 0.549. The van der Waals surface area contributed by atoms with E-state index < -0.39 is 0 Å². The Hall–Kier alpha value is -2.33. The summed E-state index contributed by atoms with van der Waals surface area (Å²) in [4.78, 5) is 7.06. The van der Waals surface area contributed by atoms with Crippen LogP contribution in [0.3, 0.4) is 0 Å². The minimum atomic E-state index is 0.549. The maximum atomic E-state index is 4.85. The van der Waals surface area contributed by atoms with E-state index in [0.29, 0.717) is 6.04 Å². The Morgan fingerprint density at radius 1 is 1.25 bits per heavy atom. The molecule has 1 fully saturated rings. The highest BCUT2D eigenvalue weighted by Crippen LogP contribution is 2.29. The first-order valence-corrected chi connectivity index (χ1v) is 8.83. The van der Waals surface area contributed by atoms with Crippen LogP contribution in [0, 0.1) is 0 Å². The van der Waals surface area contributed by atoms with E-state index in [9.17, 15) is 0 Å². The van der Waals surface area contributed by atoms with Gasteiger partial charge in [0.25, 0.3) is 0 Å². The van der Waals surface area contributed by atoms with Crippen LogP contribution in [0.25, 0.3) is 5.57 Å². The van der Waals surface area contributed by atoms with Crippen molar-refractivity contribution in [1.82, 2.24) is 10.2 Å². The van der Waals surface area contributed by atoms with Gasteiger partial charge in [-0.1, -0.05) is 25.1 Å². The van der Waals surface area contributed by atoms with Gasteiger partial charge in [-0.15, -0.1) is 0 Å². The molecule has 0 aromatic heterocycles. The van der Waals surface area contributed by atoms with Crippen molar-refractivity contribution >= 4 is 17.1 Å². The van der Waals surface area contributed by atoms with E-state index in [0.717, 1.165) is 31.9 Å². The molecule has 3 aliphatic heterocycles. The van der Waals surface area contributed by atoms with Crippen molar-refractivity contribution in [3.05, 3.63) is 60.0 Å². The topological polar surface area (TPSA) is 39.7 Å². The Morgan fingerprint density at radius 3 is 2.88 bits per heavy atom. The number of hydrogen-bond donors (Lipinski definition) is 2. The van der Waals surface area contributed by atoms with Gasteiger partial charge in [-0.3, -0.25) is 0 Å². The van der Waals surface area contributed by atoms with E-state index >= 15 is 0 Å². The molecule has 0 saturated carbocycles. The smallest absolute Gasteiger partial charge is 0.133 e. The van der Waals surface area contributed by atoms with Crippen LogP contribution in [0.5, 0.6) is 0 Å². The number of amidine groups is 1. The van der Waals surface area contributed by atoms with E-state index in [1.165, 1.54) is 28.9 Å². The second kappa shape index (κ2) is 6.65. The Labute approximate surface area is 143 Å². The second-order valence-electron chi connectivity index (χ2n) is 6.49. The second-order valence-corrected chi connectivity index (χ2v) is 6.49. The van der Waals surface area contributed by atoms with Crippen LogP contribution in [-0.4, -0.2) is 36.4 Å². The summed E-state index contributed by atoms with van der Waals surface area (Å²) in [6, 6.07) is 9.38. The van der Waals surface area contributed by atoms with Gasteiger partial charge in [-0.05, 0) is 49.2 Å². The summed E-state index contributed by atoms with van der Waals surface area (Å²) in [6.45, 7) is 5.24. The van der Waals surface area contributed by atoms with Crippen LogP contribution < -0.4 is 10.6 Å². The molecule has 4 heteroatoms. The van der Waals surface area contributed by atoms with Gasteiger partial charge in [0, 0.05) is 35.7 Å². The molecule has 3 aliphatic rings.